The Kier molecular flexibility index (Phi) is 3.01. The molecule has 1 heterocycles. The van der Waals surface area contributed by atoms with Crippen molar-refractivity contribution < 1.29 is 9.53 Å². The number of hydrogen-bond donors (Lipinski definition) is 1. The predicted octanol–water partition coefficient (Wildman–Crippen LogP) is 1.58. The van der Waals surface area contributed by atoms with Gasteiger partial charge in [-0.3, -0.25) is 4.79 Å². The molecular formula is C12H21NO2. The van der Waals surface area contributed by atoms with Gasteiger partial charge in [0.25, 0.3) is 0 Å². The first-order valence-electron chi connectivity index (χ1n) is 5.94. The standard InChI is InChI=1S/C12H21NO2/c1-12(6-9-4-3-5-9)8-13-7-10(12)11(14)15-2/h9-10,13H,3-8H2,1-2H3. The molecule has 2 rings (SSSR count). The maximum atomic E-state index is 11.7. The summed E-state index contributed by atoms with van der Waals surface area (Å²) >= 11 is 0. The number of esters is 1. The minimum Gasteiger partial charge on any atom is -0.469 e. The molecule has 3 heteroatoms. The number of methoxy groups -OCH3 is 1. The highest BCUT2D eigenvalue weighted by atomic mass is 16.5. The third-order valence-corrected chi connectivity index (χ3v) is 4.18. The molecule has 1 saturated heterocycles. The van der Waals surface area contributed by atoms with Crippen molar-refractivity contribution in [2.45, 2.75) is 32.6 Å². The van der Waals surface area contributed by atoms with Gasteiger partial charge in [0.2, 0.25) is 0 Å². The summed E-state index contributed by atoms with van der Waals surface area (Å²) in [5.41, 5.74) is 0.123. The van der Waals surface area contributed by atoms with Gasteiger partial charge in [-0.1, -0.05) is 26.2 Å². The highest BCUT2D eigenvalue weighted by Gasteiger charge is 2.45. The maximum Gasteiger partial charge on any atom is 0.310 e. The topological polar surface area (TPSA) is 38.3 Å². The Balaban J connectivity index is 2.00. The van der Waals surface area contributed by atoms with E-state index in [4.69, 9.17) is 4.74 Å². The van der Waals surface area contributed by atoms with Gasteiger partial charge in [-0.25, -0.2) is 0 Å². The molecule has 1 saturated carbocycles. The van der Waals surface area contributed by atoms with Crippen molar-refractivity contribution >= 4 is 5.97 Å². The van der Waals surface area contributed by atoms with Crippen molar-refractivity contribution in [3.63, 3.8) is 0 Å². The molecule has 86 valence electrons. The molecule has 2 atom stereocenters. The Labute approximate surface area is 91.6 Å². The van der Waals surface area contributed by atoms with Gasteiger partial charge in [-0.05, 0) is 17.8 Å². The first-order valence-corrected chi connectivity index (χ1v) is 5.94. The molecule has 2 unspecified atom stereocenters. The average Bonchev–Trinajstić information content (AvgIpc) is 2.54. The van der Waals surface area contributed by atoms with Crippen LogP contribution in [0.4, 0.5) is 0 Å². The number of carbonyl (C=O) groups excluding carboxylic acids is 1. The van der Waals surface area contributed by atoms with E-state index in [0.29, 0.717) is 0 Å². The zero-order valence-corrected chi connectivity index (χ0v) is 9.71. The summed E-state index contributed by atoms with van der Waals surface area (Å²) in [7, 11) is 1.49. The van der Waals surface area contributed by atoms with E-state index in [1.807, 2.05) is 0 Å². The Morgan fingerprint density at radius 2 is 2.27 bits per heavy atom. The van der Waals surface area contributed by atoms with E-state index in [9.17, 15) is 4.79 Å². The van der Waals surface area contributed by atoms with Crippen molar-refractivity contribution in [2.24, 2.45) is 17.3 Å². The Hall–Kier alpha value is -0.570. The SMILES string of the molecule is COC(=O)C1CNCC1(C)CC1CCC1. The molecule has 2 aliphatic rings. The minimum absolute atomic E-state index is 0.0400. The Morgan fingerprint density at radius 3 is 2.80 bits per heavy atom. The summed E-state index contributed by atoms with van der Waals surface area (Å²) in [5.74, 6) is 0.868. The molecule has 0 bridgehead atoms. The highest BCUT2D eigenvalue weighted by Crippen LogP contribution is 2.43. The fourth-order valence-corrected chi connectivity index (χ4v) is 2.95. The van der Waals surface area contributed by atoms with Gasteiger partial charge < -0.3 is 10.1 Å². The highest BCUT2D eigenvalue weighted by molar-refractivity contribution is 5.74. The smallest absolute Gasteiger partial charge is 0.310 e. The average molecular weight is 211 g/mol. The van der Waals surface area contributed by atoms with Crippen LogP contribution < -0.4 is 5.32 Å². The van der Waals surface area contributed by atoms with E-state index >= 15 is 0 Å². The predicted molar refractivity (Wildman–Crippen MR) is 58.4 cm³/mol. The molecule has 15 heavy (non-hydrogen) atoms. The second-order valence-electron chi connectivity index (χ2n) is 5.36. The lowest BCUT2D eigenvalue weighted by Crippen LogP contribution is -2.36. The van der Waals surface area contributed by atoms with E-state index in [-0.39, 0.29) is 17.3 Å². The third-order valence-electron chi connectivity index (χ3n) is 4.18. The normalized spacial score (nSPS) is 36.3. The summed E-state index contributed by atoms with van der Waals surface area (Å²) in [4.78, 5) is 11.7. The molecule has 0 aromatic heterocycles. The minimum atomic E-state index is -0.0400. The van der Waals surface area contributed by atoms with Crippen LogP contribution in [0.5, 0.6) is 0 Å². The molecule has 0 spiro atoms. The number of nitrogens with one attached hydrogen (secondary N) is 1. The lowest BCUT2D eigenvalue weighted by molar-refractivity contribution is -0.148. The van der Waals surface area contributed by atoms with Gasteiger partial charge in [0.15, 0.2) is 0 Å². The summed E-state index contributed by atoms with van der Waals surface area (Å²) in [6.45, 7) is 3.98. The quantitative estimate of drug-likeness (QED) is 0.720. The zero-order valence-electron chi connectivity index (χ0n) is 9.71. The van der Waals surface area contributed by atoms with Crippen LogP contribution in [0, 0.1) is 17.3 Å². The van der Waals surface area contributed by atoms with Crippen molar-refractivity contribution in [3.8, 4) is 0 Å². The van der Waals surface area contributed by atoms with Gasteiger partial charge in [0.05, 0.1) is 13.0 Å². The second kappa shape index (κ2) is 4.12. The van der Waals surface area contributed by atoms with Gasteiger partial charge in [-0.15, -0.1) is 0 Å². The monoisotopic (exact) mass is 211 g/mol. The number of hydrogen-bond acceptors (Lipinski definition) is 3. The Bertz CT molecular complexity index is 250. The fourth-order valence-electron chi connectivity index (χ4n) is 2.95. The molecule has 1 aliphatic carbocycles. The zero-order chi connectivity index (χ0) is 10.9. The lowest BCUT2D eigenvalue weighted by atomic mass is 9.68. The number of carbonyl (C=O) groups is 1. The Morgan fingerprint density at radius 1 is 1.53 bits per heavy atom. The summed E-state index contributed by atoms with van der Waals surface area (Å²) in [5, 5.41) is 3.33. The van der Waals surface area contributed by atoms with Crippen LogP contribution in [0.15, 0.2) is 0 Å². The fraction of sp³-hybridized carbons (Fsp3) is 0.917. The largest absolute Gasteiger partial charge is 0.469 e. The molecule has 0 aromatic rings. The molecule has 0 aromatic carbocycles. The van der Waals surface area contributed by atoms with Crippen LogP contribution in [0.2, 0.25) is 0 Å². The number of rotatable bonds is 3. The van der Waals surface area contributed by atoms with Crippen LogP contribution >= 0.6 is 0 Å². The van der Waals surface area contributed by atoms with Gasteiger partial charge >= 0.3 is 5.97 Å². The van der Waals surface area contributed by atoms with Crippen molar-refractivity contribution in [2.75, 3.05) is 20.2 Å². The number of ether oxygens (including phenoxy) is 1. The first-order chi connectivity index (χ1) is 7.15. The summed E-state index contributed by atoms with van der Waals surface area (Å²) in [6.07, 6.45) is 5.25. The van der Waals surface area contributed by atoms with E-state index in [1.54, 1.807) is 0 Å². The summed E-state index contributed by atoms with van der Waals surface area (Å²) in [6, 6.07) is 0. The van der Waals surface area contributed by atoms with E-state index in [2.05, 4.69) is 12.2 Å². The van der Waals surface area contributed by atoms with Gasteiger partial charge in [0, 0.05) is 13.1 Å². The van der Waals surface area contributed by atoms with Crippen LogP contribution in [0.25, 0.3) is 0 Å². The van der Waals surface area contributed by atoms with Gasteiger partial charge in [0.1, 0.15) is 0 Å². The molecule has 0 amide bonds. The van der Waals surface area contributed by atoms with Crippen LogP contribution in [0.3, 0.4) is 0 Å². The van der Waals surface area contributed by atoms with Crippen molar-refractivity contribution in [1.29, 1.82) is 0 Å². The molecule has 1 aliphatic heterocycles. The van der Waals surface area contributed by atoms with Crippen LogP contribution in [0.1, 0.15) is 32.6 Å². The van der Waals surface area contributed by atoms with Crippen molar-refractivity contribution in [3.05, 3.63) is 0 Å². The van der Waals surface area contributed by atoms with Crippen LogP contribution in [-0.4, -0.2) is 26.2 Å². The molecule has 0 radical (unpaired) electrons. The lowest BCUT2D eigenvalue weighted by Gasteiger charge is -2.36. The van der Waals surface area contributed by atoms with Crippen LogP contribution in [-0.2, 0) is 9.53 Å². The molecular weight excluding hydrogens is 190 g/mol. The molecule has 3 nitrogen and oxygen atoms in total. The summed E-state index contributed by atoms with van der Waals surface area (Å²) < 4.78 is 4.88. The van der Waals surface area contributed by atoms with Crippen molar-refractivity contribution in [1.82, 2.24) is 5.32 Å². The van der Waals surface area contributed by atoms with E-state index in [0.717, 1.165) is 19.0 Å². The first kappa shape index (κ1) is 10.9. The van der Waals surface area contributed by atoms with Gasteiger partial charge in [-0.2, -0.15) is 0 Å². The second-order valence-corrected chi connectivity index (χ2v) is 5.36. The van der Waals surface area contributed by atoms with E-state index < -0.39 is 0 Å². The molecule has 1 N–H and O–H groups in total. The molecule has 2 fully saturated rings. The third kappa shape index (κ3) is 2.03. The van der Waals surface area contributed by atoms with E-state index in [1.165, 1.54) is 32.8 Å². The maximum absolute atomic E-state index is 11.7.